The molecule has 0 aliphatic heterocycles. The van der Waals surface area contributed by atoms with Gasteiger partial charge in [0, 0.05) is 17.6 Å². The number of hydrogen-bond donors (Lipinski definition) is 1. The van der Waals surface area contributed by atoms with Gasteiger partial charge in [0.1, 0.15) is 12.6 Å². The van der Waals surface area contributed by atoms with Gasteiger partial charge in [-0.3, -0.25) is 13.9 Å². The number of rotatable bonds is 11. The molecule has 0 spiro atoms. The molecule has 43 heavy (non-hydrogen) atoms. The molecule has 2 amide bonds. The summed E-state index contributed by atoms with van der Waals surface area (Å²) in [6, 6.07) is 20.2. The van der Waals surface area contributed by atoms with Crippen molar-refractivity contribution < 1.29 is 18.0 Å². The Labute approximate surface area is 261 Å². The number of carbonyl (C=O) groups excluding carboxylic acids is 2. The number of halogens is 1. The van der Waals surface area contributed by atoms with Gasteiger partial charge in [-0.1, -0.05) is 92.7 Å². The highest BCUT2D eigenvalue weighted by Crippen LogP contribution is 2.27. The fourth-order valence-electron chi connectivity index (χ4n) is 5.35. The quantitative estimate of drug-likeness (QED) is 0.254. The lowest BCUT2D eigenvalue weighted by Crippen LogP contribution is -2.53. The van der Waals surface area contributed by atoms with E-state index in [1.165, 1.54) is 4.90 Å². The van der Waals surface area contributed by atoms with E-state index < -0.39 is 28.5 Å². The maximum Gasteiger partial charge on any atom is 0.264 e. The van der Waals surface area contributed by atoms with Gasteiger partial charge < -0.3 is 10.2 Å². The normalized spacial score (nSPS) is 14.7. The van der Waals surface area contributed by atoms with Crippen LogP contribution in [0.3, 0.4) is 0 Å². The zero-order valence-corrected chi connectivity index (χ0v) is 27.0. The SMILES string of the molecule is Cc1ccc(S(=O)(=O)N(CC(=O)N(Cc2ccccc2Cl)[C@@H](C)C(=O)NC2CCCCC2)c2ccc(C(C)C)cc2)cc1. The van der Waals surface area contributed by atoms with Crippen LogP contribution >= 0.6 is 11.6 Å². The molecule has 9 heteroatoms. The molecule has 1 saturated carbocycles. The van der Waals surface area contributed by atoms with Crippen LogP contribution in [0.1, 0.15) is 75.5 Å². The molecule has 1 aliphatic carbocycles. The number of benzene rings is 3. The Hall–Kier alpha value is -3.36. The molecule has 1 fully saturated rings. The van der Waals surface area contributed by atoms with Crippen molar-refractivity contribution in [3.63, 3.8) is 0 Å². The molecule has 1 N–H and O–H groups in total. The number of anilines is 1. The molecule has 3 aromatic rings. The van der Waals surface area contributed by atoms with Crippen LogP contribution in [0.4, 0.5) is 5.69 Å². The van der Waals surface area contributed by atoms with E-state index >= 15 is 0 Å². The van der Waals surface area contributed by atoms with Gasteiger partial charge in [0.15, 0.2) is 0 Å². The molecule has 0 unspecified atom stereocenters. The molecule has 230 valence electrons. The van der Waals surface area contributed by atoms with Crippen LogP contribution in [0.5, 0.6) is 0 Å². The Bertz CT molecular complexity index is 1500. The third kappa shape index (κ3) is 8.18. The summed E-state index contributed by atoms with van der Waals surface area (Å²) in [5.41, 5.74) is 3.02. The number of nitrogens with zero attached hydrogens (tertiary/aromatic N) is 2. The van der Waals surface area contributed by atoms with Crippen molar-refractivity contribution in [1.82, 2.24) is 10.2 Å². The smallest absolute Gasteiger partial charge is 0.264 e. The second-order valence-electron chi connectivity index (χ2n) is 11.7. The zero-order chi connectivity index (χ0) is 31.1. The van der Waals surface area contributed by atoms with Crippen LogP contribution in [-0.2, 0) is 26.2 Å². The van der Waals surface area contributed by atoms with Crippen LogP contribution in [0, 0.1) is 6.92 Å². The Kier molecular flexibility index (Phi) is 10.9. The van der Waals surface area contributed by atoms with E-state index in [1.807, 2.05) is 25.1 Å². The van der Waals surface area contributed by atoms with E-state index in [-0.39, 0.29) is 29.3 Å². The molecule has 0 bridgehead atoms. The zero-order valence-electron chi connectivity index (χ0n) is 25.4. The van der Waals surface area contributed by atoms with Crippen molar-refractivity contribution in [2.45, 2.75) is 89.2 Å². The number of hydrogen-bond acceptors (Lipinski definition) is 4. The first-order valence-corrected chi connectivity index (χ1v) is 16.8. The predicted octanol–water partition coefficient (Wildman–Crippen LogP) is 6.83. The monoisotopic (exact) mass is 623 g/mol. The minimum absolute atomic E-state index is 0.0580. The molecule has 3 aromatic carbocycles. The van der Waals surface area contributed by atoms with Gasteiger partial charge in [0.05, 0.1) is 10.6 Å². The van der Waals surface area contributed by atoms with E-state index in [4.69, 9.17) is 11.6 Å². The minimum atomic E-state index is -4.12. The highest BCUT2D eigenvalue weighted by molar-refractivity contribution is 7.92. The van der Waals surface area contributed by atoms with E-state index in [0.29, 0.717) is 16.3 Å². The summed E-state index contributed by atoms with van der Waals surface area (Å²) in [6.45, 7) is 7.26. The molecule has 0 saturated heterocycles. The maximum absolute atomic E-state index is 14.2. The van der Waals surface area contributed by atoms with Crippen molar-refractivity contribution in [2.24, 2.45) is 0 Å². The van der Waals surface area contributed by atoms with Crippen molar-refractivity contribution in [3.05, 3.63) is 94.5 Å². The van der Waals surface area contributed by atoms with E-state index in [2.05, 4.69) is 19.2 Å². The summed E-state index contributed by atoms with van der Waals surface area (Å²) in [6.07, 6.45) is 5.09. The number of sulfonamides is 1. The standard InChI is InChI=1S/C34H42ClN3O4S/c1-24(2)27-16-18-30(19-17-27)38(43(41,42)31-20-14-25(3)15-21-31)23-33(39)37(22-28-10-8-9-13-32(28)35)26(4)34(40)36-29-11-6-5-7-12-29/h8-10,13-21,24,26,29H,5-7,11-12,22-23H2,1-4H3,(H,36,40)/t26-/m0/s1. The number of amides is 2. The minimum Gasteiger partial charge on any atom is -0.352 e. The van der Waals surface area contributed by atoms with Gasteiger partial charge in [-0.2, -0.15) is 0 Å². The summed E-state index contributed by atoms with van der Waals surface area (Å²) in [7, 11) is -4.12. The van der Waals surface area contributed by atoms with Crippen LogP contribution in [0.15, 0.2) is 77.7 Å². The topological polar surface area (TPSA) is 86.8 Å². The van der Waals surface area contributed by atoms with Crippen molar-refractivity contribution in [2.75, 3.05) is 10.8 Å². The molecule has 0 heterocycles. The third-order valence-corrected chi connectivity index (χ3v) is 10.3. The summed E-state index contributed by atoms with van der Waals surface area (Å²) in [5.74, 6) is -0.510. The Morgan fingerprint density at radius 2 is 1.53 bits per heavy atom. The third-order valence-electron chi connectivity index (χ3n) is 8.15. The van der Waals surface area contributed by atoms with Gasteiger partial charge in [-0.15, -0.1) is 0 Å². The van der Waals surface area contributed by atoms with Gasteiger partial charge in [0.25, 0.3) is 10.0 Å². The van der Waals surface area contributed by atoms with Gasteiger partial charge in [0.2, 0.25) is 11.8 Å². The first-order chi connectivity index (χ1) is 20.5. The second-order valence-corrected chi connectivity index (χ2v) is 14.0. The van der Waals surface area contributed by atoms with Crippen LogP contribution in [0.25, 0.3) is 0 Å². The predicted molar refractivity (Wildman–Crippen MR) is 173 cm³/mol. The summed E-state index contributed by atoms with van der Waals surface area (Å²) >= 11 is 6.48. The number of carbonyl (C=O) groups is 2. The molecular weight excluding hydrogens is 582 g/mol. The van der Waals surface area contributed by atoms with Crippen LogP contribution in [0.2, 0.25) is 5.02 Å². The number of nitrogens with one attached hydrogen (secondary N) is 1. The summed E-state index contributed by atoms with van der Waals surface area (Å²) in [5, 5.41) is 3.59. The molecular formula is C34H42ClN3O4S. The Morgan fingerprint density at radius 3 is 2.14 bits per heavy atom. The fourth-order valence-corrected chi connectivity index (χ4v) is 6.96. The second kappa shape index (κ2) is 14.4. The molecule has 0 radical (unpaired) electrons. The van der Waals surface area contributed by atoms with Crippen molar-refractivity contribution in [1.29, 1.82) is 0 Å². The Morgan fingerprint density at radius 1 is 0.907 bits per heavy atom. The average molecular weight is 624 g/mol. The highest BCUT2D eigenvalue weighted by Gasteiger charge is 2.33. The van der Waals surface area contributed by atoms with Crippen LogP contribution in [-0.4, -0.2) is 43.8 Å². The maximum atomic E-state index is 14.2. The molecule has 4 rings (SSSR count). The van der Waals surface area contributed by atoms with E-state index in [0.717, 1.165) is 47.5 Å². The average Bonchev–Trinajstić information content (AvgIpc) is 2.99. The summed E-state index contributed by atoms with van der Waals surface area (Å²) < 4.78 is 29.2. The number of aryl methyl sites for hydroxylation is 1. The van der Waals surface area contributed by atoms with Gasteiger partial charge in [-0.05, 0) is 74.1 Å². The highest BCUT2D eigenvalue weighted by atomic mass is 35.5. The first kappa shape index (κ1) is 32.6. The Balaban J connectivity index is 1.69. The molecule has 1 atom stereocenters. The lowest BCUT2D eigenvalue weighted by molar-refractivity contribution is -0.139. The first-order valence-electron chi connectivity index (χ1n) is 15.0. The molecule has 7 nitrogen and oxygen atoms in total. The summed E-state index contributed by atoms with van der Waals surface area (Å²) in [4.78, 5) is 29.2. The van der Waals surface area contributed by atoms with Crippen LogP contribution < -0.4 is 9.62 Å². The van der Waals surface area contributed by atoms with E-state index in [9.17, 15) is 18.0 Å². The largest absolute Gasteiger partial charge is 0.352 e. The van der Waals surface area contributed by atoms with E-state index in [1.54, 1.807) is 61.5 Å². The lowest BCUT2D eigenvalue weighted by Gasteiger charge is -2.33. The van der Waals surface area contributed by atoms with Crippen molar-refractivity contribution in [3.8, 4) is 0 Å². The lowest BCUT2D eigenvalue weighted by atomic mass is 9.95. The van der Waals surface area contributed by atoms with Gasteiger partial charge >= 0.3 is 0 Å². The molecule has 1 aliphatic rings. The fraction of sp³-hybridized carbons (Fsp3) is 0.412. The van der Waals surface area contributed by atoms with Crippen molar-refractivity contribution >= 4 is 39.1 Å². The molecule has 0 aromatic heterocycles. The van der Waals surface area contributed by atoms with Gasteiger partial charge in [-0.25, -0.2) is 8.42 Å².